The van der Waals surface area contributed by atoms with Crippen LogP contribution in [0.4, 0.5) is 10.5 Å². The zero-order valence-electron chi connectivity index (χ0n) is 14.0. The number of rotatable bonds is 8. The van der Waals surface area contributed by atoms with Crippen molar-refractivity contribution in [3.05, 3.63) is 24.3 Å². The van der Waals surface area contributed by atoms with Gasteiger partial charge < -0.3 is 15.7 Å². The van der Waals surface area contributed by atoms with Gasteiger partial charge in [-0.2, -0.15) is 0 Å². The molecule has 0 bridgehead atoms. The Morgan fingerprint density at radius 3 is 2.64 bits per heavy atom. The van der Waals surface area contributed by atoms with Gasteiger partial charge in [-0.3, -0.25) is 0 Å². The SMILES string of the molecule is CC(C)Sc1ccccc1NC(=O)NCCCC(C)(C)CO. The van der Waals surface area contributed by atoms with Gasteiger partial charge in [-0.1, -0.05) is 39.8 Å². The van der Waals surface area contributed by atoms with E-state index in [1.54, 1.807) is 11.8 Å². The highest BCUT2D eigenvalue weighted by Gasteiger charge is 2.15. The third kappa shape index (κ3) is 7.18. The van der Waals surface area contributed by atoms with Gasteiger partial charge in [-0.25, -0.2) is 4.79 Å². The van der Waals surface area contributed by atoms with E-state index in [0.717, 1.165) is 23.4 Å². The fraction of sp³-hybridized carbons (Fsp3) is 0.588. The number of benzene rings is 1. The molecule has 0 radical (unpaired) electrons. The van der Waals surface area contributed by atoms with Crippen LogP contribution in [-0.4, -0.2) is 29.5 Å². The number of amides is 2. The van der Waals surface area contributed by atoms with Crippen LogP contribution in [0, 0.1) is 5.41 Å². The first kappa shape index (κ1) is 18.8. The summed E-state index contributed by atoms with van der Waals surface area (Å²) < 4.78 is 0. The molecular formula is C17H28N2O2S. The topological polar surface area (TPSA) is 61.4 Å². The lowest BCUT2D eigenvalue weighted by Crippen LogP contribution is -2.30. The van der Waals surface area contributed by atoms with E-state index in [4.69, 9.17) is 0 Å². The second-order valence-electron chi connectivity index (χ2n) is 6.47. The number of aliphatic hydroxyl groups is 1. The van der Waals surface area contributed by atoms with Crippen LogP contribution in [-0.2, 0) is 0 Å². The van der Waals surface area contributed by atoms with Crippen molar-refractivity contribution >= 4 is 23.5 Å². The molecule has 0 aliphatic heterocycles. The number of hydrogen-bond donors (Lipinski definition) is 3. The zero-order valence-corrected chi connectivity index (χ0v) is 14.8. The van der Waals surface area contributed by atoms with E-state index in [9.17, 15) is 9.90 Å². The molecule has 0 spiro atoms. The molecule has 4 nitrogen and oxygen atoms in total. The van der Waals surface area contributed by atoms with Gasteiger partial charge in [-0.05, 0) is 30.4 Å². The standard InChI is InChI=1S/C17H28N2O2S/c1-13(2)22-15-9-6-5-8-14(15)19-16(21)18-11-7-10-17(3,4)12-20/h5-6,8-9,13,20H,7,10-12H2,1-4H3,(H2,18,19,21). The molecule has 124 valence electrons. The molecule has 0 aliphatic carbocycles. The van der Waals surface area contributed by atoms with Gasteiger partial charge in [0.1, 0.15) is 0 Å². The van der Waals surface area contributed by atoms with Gasteiger partial charge in [-0.15, -0.1) is 11.8 Å². The van der Waals surface area contributed by atoms with E-state index >= 15 is 0 Å². The largest absolute Gasteiger partial charge is 0.396 e. The predicted octanol–water partition coefficient (Wildman–Crippen LogP) is 4.11. The minimum atomic E-state index is -0.182. The van der Waals surface area contributed by atoms with Gasteiger partial charge in [0.2, 0.25) is 0 Å². The Morgan fingerprint density at radius 1 is 1.32 bits per heavy atom. The van der Waals surface area contributed by atoms with Crippen LogP contribution >= 0.6 is 11.8 Å². The predicted molar refractivity (Wildman–Crippen MR) is 94.6 cm³/mol. The zero-order chi connectivity index (χ0) is 16.6. The van der Waals surface area contributed by atoms with Crippen molar-refractivity contribution in [2.75, 3.05) is 18.5 Å². The first-order valence-corrected chi connectivity index (χ1v) is 8.63. The van der Waals surface area contributed by atoms with Crippen molar-refractivity contribution in [3.63, 3.8) is 0 Å². The monoisotopic (exact) mass is 324 g/mol. The first-order valence-electron chi connectivity index (χ1n) is 7.75. The summed E-state index contributed by atoms with van der Waals surface area (Å²) in [4.78, 5) is 13.0. The van der Waals surface area contributed by atoms with Crippen LogP contribution in [0.2, 0.25) is 0 Å². The van der Waals surface area contributed by atoms with Crippen LogP contribution in [0.25, 0.3) is 0 Å². The molecule has 3 N–H and O–H groups in total. The summed E-state index contributed by atoms with van der Waals surface area (Å²) in [6, 6.07) is 7.65. The Balaban J connectivity index is 2.42. The molecule has 0 atom stereocenters. The molecule has 1 aromatic rings. The molecule has 0 heterocycles. The number of urea groups is 1. The van der Waals surface area contributed by atoms with E-state index in [1.165, 1.54) is 0 Å². The fourth-order valence-corrected chi connectivity index (χ4v) is 2.85. The highest BCUT2D eigenvalue weighted by atomic mass is 32.2. The Labute approximate surface area is 138 Å². The van der Waals surface area contributed by atoms with Crippen molar-refractivity contribution in [1.29, 1.82) is 0 Å². The van der Waals surface area contributed by atoms with Crippen LogP contribution < -0.4 is 10.6 Å². The summed E-state index contributed by atoms with van der Waals surface area (Å²) in [6.45, 7) is 9.07. The summed E-state index contributed by atoms with van der Waals surface area (Å²) in [5.41, 5.74) is 0.757. The van der Waals surface area contributed by atoms with Crippen molar-refractivity contribution in [3.8, 4) is 0 Å². The van der Waals surface area contributed by atoms with E-state index in [1.807, 2.05) is 38.1 Å². The molecule has 0 aliphatic rings. The number of nitrogens with one attached hydrogen (secondary N) is 2. The number of carbonyl (C=O) groups excluding carboxylic acids is 1. The lowest BCUT2D eigenvalue weighted by atomic mass is 9.89. The summed E-state index contributed by atoms with van der Waals surface area (Å²) in [5, 5.41) is 15.4. The number of anilines is 1. The maximum Gasteiger partial charge on any atom is 0.319 e. The second kappa shape index (κ2) is 9.06. The molecule has 0 unspecified atom stereocenters. The van der Waals surface area contributed by atoms with Crippen molar-refractivity contribution in [2.45, 2.75) is 50.7 Å². The molecular weight excluding hydrogens is 296 g/mol. The molecule has 22 heavy (non-hydrogen) atoms. The Hall–Kier alpha value is -1.20. The Kier molecular flexibility index (Phi) is 7.76. The lowest BCUT2D eigenvalue weighted by Gasteiger charge is -2.21. The van der Waals surface area contributed by atoms with Gasteiger partial charge >= 0.3 is 6.03 Å². The van der Waals surface area contributed by atoms with Crippen LogP contribution in [0.1, 0.15) is 40.5 Å². The first-order chi connectivity index (χ1) is 10.3. The van der Waals surface area contributed by atoms with Crippen molar-refractivity contribution < 1.29 is 9.90 Å². The summed E-state index contributed by atoms with van der Waals surface area (Å²) >= 11 is 1.73. The summed E-state index contributed by atoms with van der Waals surface area (Å²) in [7, 11) is 0. The Morgan fingerprint density at radius 2 is 2.00 bits per heavy atom. The third-order valence-corrected chi connectivity index (χ3v) is 4.32. The van der Waals surface area contributed by atoms with E-state index in [2.05, 4.69) is 24.5 Å². The van der Waals surface area contributed by atoms with Crippen LogP contribution in [0.15, 0.2) is 29.2 Å². The van der Waals surface area contributed by atoms with Gasteiger partial charge in [0.25, 0.3) is 0 Å². The smallest absolute Gasteiger partial charge is 0.319 e. The van der Waals surface area contributed by atoms with Gasteiger partial charge in [0.15, 0.2) is 0 Å². The highest BCUT2D eigenvalue weighted by molar-refractivity contribution is 8.00. The minimum absolute atomic E-state index is 0.0847. The maximum atomic E-state index is 12.0. The fourth-order valence-electron chi connectivity index (χ4n) is 1.94. The molecule has 0 aromatic heterocycles. The van der Waals surface area contributed by atoms with Gasteiger partial charge in [0, 0.05) is 23.3 Å². The summed E-state index contributed by atoms with van der Waals surface area (Å²) in [6.07, 6.45) is 1.73. The quantitative estimate of drug-likeness (QED) is 0.498. The molecule has 5 heteroatoms. The average molecular weight is 324 g/mol. The minimum Gasteiger partial charge on any atom is -0.396 e. The van der Waals surface area contributed by atoms with Crippen LogP contribution in [0.5, 0.6) is 0 Å². The maximum absolute atomic E-state index is 12.0. The Bertz CT molecular complexity index is 475. The van der Waals surface area contributed by atoms with Crippen LogP contribution in [0.3, 0.4) is 0 Å². The van der Waals surface area contributed by atoms with Crippen molar-refractivity contribution in [1.82, 2.24) is 5.32 Å². The third-order valence-electron chi connectivity index (χ3n) is 3.24. The molecule has 0 saturated heterocycles. The number of para-hydroxylation sites is 1. The van der Waals surface area contributed by atoms with E-state index in [-0.39, 0.29) is 18.1 Å². The normalized spacial score (nSPS) is 11.5. The van der Waals surface area contributed by atoms with E-state index in [0.29, 0.717) is 11.8 Å². The second-order valence-corrected chi connectivity index (χ2v) is 8.09. The number of hydrogen-bond acceptors (Lipinski definition) is 3. The highest BCUT2D eigenvalue weighted by Crippen LogP contribution is 2.30. The van der Waals surface area contributed by atoms with E-state index < -0.39 is 0 Å². The molecule has 0 fully saturated rings. The summed E-state index contributed by atoms with van der Waals surface area (Å²) in [5.74, 6) is 0. The van der Waals surface area contributed by atoms with Gasteiger partial charge in [0.05, 0.1) is 5.69 Å². The lowest BCUT2D eigenvalue weighted by molar-refractivity contribution is 0.148. The molecule has 2 amide bonds. The number of carbonyl (C=O) groups is 1. The molecule has 1 aromatic carbocycles. The molecule has 1 rings (SSSR count). The average Bonchev–Trinajstić information content (AvgIpc) is 2.45. The molecule has 0 saturated carbocycles. The van der Waals surface area contributed by atoms with Crippen molar-refractivity contribution in [2.24, 2.45) is 5.41 Å². The number of aliphatic hydroxyl groups excluding tert-OH is 1. The number of thioether (sulfide) groups is 1.